The van der Waals surface area contributed by atoms with Crippen LogP contribution in [0, 0.1) is 0 Å². The van der Waals surface area contributed by atoms with Crippen molar-refractivity contribution >= 4 is 45.9 Å². The molecule has 1 saturated heterocycles. The summed E-state index contributed by atoms with van der Waals surface area (Å²) < 4.78 is 0. The Kier molecular flexibility index (Phi) is 6.14. The number of para-hydroxylation sites is 1. The third kappa shape index (κ3) is 4.58. The highest BCUT2D eigenvalue weighted by Crippen LogP contribution is 2.32. The van der Waals surface area contributed by atoms with Gasteiger partial charge in [-0.15, -0.1) is 0 Å². The molecule has 1 amide bonds. The summed E-state index contributed by atoms with van der Waals surface area (Å²) in [4.78, 5) is 30.7. The Balaban J connectivity index is 1.31. The maximum Gasteiger partial charge on any atom is 0.247 e. The van der Waals surface area contributed by atoms with Crippen LogP contribution in [0.25, 0.3) is 22.2 Å². The average Bonchev–Trinajstić information content (AvgIpc) is 3.30. The van der Waals surface area contributed by atoms with Gasteiger partial charge in [-0.2, -0.15) is 0 Å². The van der Waals surface area contributed by atoms with Crippen molar-refractivity contribution in [3.05, 3.63) is 72.7 Å². The van der Waals surface area contributed by atoms with Crippen LogP contribution >= 0.6 is 11.6 Å². The van der Waals surface area contributed by atoms with Gasteiger partial charge in [0.05, 0.1) is 28.8 Å². The van der Waals surface area contributed by atoms with Gasteiger partial charge in [-0.1, -0.05) is 36.4 Å². The van der Waals surface area contributed by atoms with Gasteiger partial charge in [0.2, 0.25) is 11.9 Å². The summed E-state index contributed by atoms with van der Waals surface area (Å²) in [6.45, 7) is 5.13. The van der Waals surface area contributed by atoms with Crippen LogP contribution in [0.2, 0.25) is 5.02 Å². The summed E-state index contributed by atoms with van der Waals surface area (Å²) >= 11 is 6.47. The van der Waals surface area contributed by atoms with Crippen molar-refractivity contribution in [2.24, 2.45) is 0 Å². The van der Waals surface area contributed by atoms with E-state index in [0.29, 0.717) is 22.4 Å². The first kappa shape index (κ1) is 21.9. The summed E-state index contributed by atoms with van der Waals surface area (Å²) in [6, 6.07) is 12.0. The van der Waals surface area contributed by atoms with Crippen LogP contribution in [0.15, 0.2) is 67.6 Å². The lowest BCUT2D eigenvalue weighted by Crippen LogP contribution is -2.42. The molecule has 0 bridgehead atoms. The average molecular weight is 474 g/mol. The molecule has 34 heavy (non-hydrogen) atoms. The zero-order valence-electron chi connectivity index (χ0n) is 18.5. The van der Waals surface area contributed by atoms with E-state index in [1.807, 2.05) is 42.6 Å². The second-order valence-corrected chi connectivity index (χ2v) is 8.57. The fourth-order valence-corrected chi connectivity index (χ4v) is 4.41. The van der Waals surface area contributed by atoms with Gasteiger partial charge in [0.15, 0.2) is 0 Å². The Bertz CT molecular complexity index is 1330. The number of hydrogen-bond acceptors (Lipinski definition) is 6. The van der Waals surface area contributed by atoms with Crippen molar-refractivity contribution in [2.75, 3.05) is 28.6 Å². The molecule has 5 rings (SSSR count). The lowest BCUT2D eigenvalue weighted by Gasteiger charge is -2.34. The smallest absolute Gasteiger partial charge is 0.247 e. The number of piperidine rings is 1. The van der Waals surface area contributed by atoms with Crippen molar-refractivity contribution in [1.29, 1.82) is 0 Å². The van der Waals surface area contributed by atoms with E-state index < -0.39 is 0 Å². The summed E-state index contributed by atoms with van der Waals surface area (Å²) in [5.41, 5.74) is 3.32. The van der Waals surface area contributed by atoms with Gasteiger partial charge in [0.25, 0.3) is 0 Å². The van der Waals surface area contributed by atoms with E-state index in [1.165, 1.54) is 6.08 Å². The van der Waals surface area contributed by atoms with Gasteiger partial charge in [0.1, 0.15) is 5.82 Å². The number of benzene rings is 1. The minimum atomic E-state index is -0.258. The van der Waals surface area contributed by atoms with Gasteiger partial charge >= 0.3 is 0 Å². The van der Waals surface area contributed by atoms with Gasteiger partial charge in [-0.25, -0.2) is 15.0 Å². The number of pyridine rings is 1. The molecule has 8 nitrogen and oxygen atoms in total. The molecule has 0 saturated carbocycles. The summed E-state index contributed by atoms with van der Waals surface area (Å²) in [5.74, 6) is 1.15. The Hall–Kier alpha value is -3.91. The predicted octanol–water partition coefficient (Wildman–Crippen LogP) is 4.88. The number of aromatic nitrogens is 4. The SMILES string of the molecule is C=CC(=O)Nc1ccc(N2CCCC(Nc3ncc(Cl)c(-c4c[nH]c5ccccc45)n3)C2)nc1. The van der Waals surface area contributed by atoms with Crippen LogP contribution in [-0.2, 0) is 4.79 Å². The number of amides is 1. The molecular weight excluding hydrogens is 450 g/mol. The third-order valence-electron chi connectivity index (χ3n) is 5.87. The van der Waals surface area contributed by atoms with Crippen LogP contribution in [0.4, 0.5) is 17.5 Å². The minimum absolute atomic E-state index is 0.160. The fourth-order valence-electron chi connectivity index (χ4n) is 4.22. The quantitative estimate of drug-likeness (QED) is 0.345. The molecule has 4 heterocycles. The first-order valence-corrected chi connectivity index (χ1v) is 11.5. The number of nitrogens with zero attached hydrogens (tertiary/aromatic N) is 4. The van der Waals surface area contributed by atoms with Crippen LogP contribution in [0.3, 0.4) is 0 Å². The van der Waals surface area contributed by atoms with Crippen LogP contribution < -0.4 is 15.5 Å². The monoisotopic (exact) mass is 473 g/mol. The number of nitrogens with one attached hydrogen (secondary N) is 3. The van der Waals surface area contributed by atoms with E-state index in [0.717, 1.165) is 48.2 Å². The number of hydrogen-bond donors (Lipinski definition) is 3. The van der Waals surface area contributed by atoms with E-state index in [2.05, 4.69) is 37.1 Å². The highest BCUT2D eigenvalue weighted by atomic mass is 35.5. The standard InChI is InChI=1S/C25H24ClN7O/c1-2-23(34)30-16-9-10-22(28-12-16)33-11-5-6-17(15-33)31-25-29-14-20(26)24(32-25)19-13-27-21-8-4-3-7-18(19)21/h2-4,7-10,12-14,17,27H,1,5-6,11,15H2,(H,30,34)(H,29,31,32). The zero-order valence-corrected chi connectivity index (χ0v) is 19.2. The van der Waals surface area contributed by atoms with E-state index in [-0.39, 0.29) is 11.9 Å². The molecule has 0 aliphatic carbocycles. The van der Waals surface area contributed by atoms with Crippen molar-refractivity contribution in [1.82, 2.24) is 19.9 Å². The van der Waals surface area contributed by atoms with Crippen LogP contribution in [0.1, 0.15) is 12.8 Å². The second kappa shape index (κ2) is 9.52. The molecule has 1 aliphatic heterocycles. The molecule has 0 spiro atoms. The molecule has 1 aromatic carbocycles. The Labute approximate surface area is 202 Å². The number of aromatic amines is 1. The predicted molar refractivity (Wildman–Crippen MR) is 136 cm³/mol. The third-order valence-corrected chi connectivity index (χ3v) is 6.14. The van der Waals surface area contributed by atoms with Crippen LogP contribution in [-0.4, -0.2) is 45.0 Å². The molecule has 9 heteroatoms. The molecule has 4 aromatic rings. The molecule has 172 valence electrons. The summed E-state index contributed by atoms with van der Waals surface area (Å²) in [7, 11) is 0. The number of anilines is 3. The molecule has 1 unspecified atom stereocenters. The van der Waals surface area contributed by atoms with E-state index >= 15 is 0 Å². The fraction of sp³-hybridized carbons (Fsp3) is 0.200. The Morgan fingerprint density at radius 1 is 1.21 bits per heavy atom. The molecule has 0 radical (unpaired) electrons. The number of carbonyl (C=O) groups excluding carboxylic acids is 1. The maximum absolute atomic E-state index is 11.5. The van der Waals surface area contributed by atoms with Crippen molar-refractivity contribution in [3.8, 4) is 11.3 Å². The molecule has 1 atom stereocenters. The number of fused-ring (bicyclic) bond motifs is 1. The Morgan fingerprint density at radius 3 is 2.91 bits per heavy atom. The lowest BCUT2D eigenvalue weighted by atomic mass is 10.1. The molecular formula is C25H24ClN7O. The number of halogens is 1. The van der Waals surface area contributed by atoms with Crippen molar-refractivity contribution < 1.29 is 4.79 Å². The Morgan fingerprint density at radius 2 is 2.09 bits per heavy atom. The van der Waals surface area contributed by atoms with Gasteiger partial charge in [0, 0.05) is 41.8 Å². The van der Waals surface area contributed by atoms with Gasteiger partial charge in [-0.05, 0) is 37.1 Å². The van der Waals surface area contributed by atoms with Gasteiger partial charge in [-0.3, -0.25) is 4.79 Å². The highest BCUT2D eigenvalue weighted by Gasteiger charge is 2.22. The summed E-state index contributed by atoms with van der Waals surface area (Å²) in [5, 5.41) is 7.76. The topological polar surface area (TPSA) is 98.8 Å². The largest absolute Gasteiger partial charge is 0.360 e. The van der Waals surface area contributed by atoms with Crippen molar-refractivity contribution in [3.63, 3.8) is 0 Å². The number of H-pyrrole nitrogens is 1. The normalized spacial score (nSPS) is 15.8. The first-order chi connectivity index (χ1) is 16.6. The summed E-state index contributed by atoms with van der Waals surface area (Å²) in [6.07, 6.45) is 8.47. The lowest BCUT2D eigenvalue weighted by molar-refractivity contribution is -0.111. The first-order valence-electron chi connectivity index (χ1n) is 11.1. The van der Waals surface area contributed by atoms with E-state index in [1.54, 1.807) is 12.4 Å². The molecule has 3 N–H and O–H groups in total. The molecule has 1 aliphatic rings. The van der Waals surface area contributed by atoms with Crippen molar-refractivity contribution in [2.45, 2.75) is 18.9 Å². The zero-order chi connectivity index (χ0) is 23.5. The molecule has 3 aromatic heterocycles. The van der Waals surface area contributed by atoms with E-state index in [4.69, 9.17) is 16.6 Å². The number of carbonyl (C=O) groups is 1. The molecule has 1 fully saturated rings. The highest BCUT2D eigenvalue weighted by molar-refractivity contribution is 6.33. The van der Waals surface area contributed by atoms with Gasteiger partial charge < -0.3 is 20.5 Å². The second-order valence-electron chi connectivity index (χ2n) is 8.17. The maximum atomic E-state index is 11.5. The number of rotatable bonds is 6. The van der Waals surface area contributed by atoms with Crippen LogP contribution in [0.5, 0.6) is 0 Å². The minimum Gasteiger partial charge on any atom is -0.360 e. The van der Waals surface area contributed by atoms with E-state index in [9.17, 15) is 4.79 Å².